The third-order valence-corrected chi connectivity index (χ3v) is 3.77. The van der Waals surface area contributed by atoms with Gasteiger partial charge in [-0.3, -0.25) is 0 Å². The first-order valence-corrected chi connectivity index (χ1v) is 6.55. The van der Waals surface area contributed by atoms with E-state index in [1.54, 1.807) is 11.3 Å². The van der Waals surface area contributed by atoms with E-state index in [9.17, 15) is 0 Å². The van der Waals surface area contributed by atoms with Crippen LogP contribution in [0.3, 0.4) is 0 Å². The summed E-state index contributed by atoms with van der Waals surface area (Å²) in [4.78, 5) is 0. The second-order valence-electron chi connectivity index (χ2n) is 2.76. The summed E-state index contributed by atoms with van der Waals surface area (Å²) >= 11 is 6.52. The smallest absolute Gasteiger partial charge is 0.0893 e. The van der Waals surface area contributed by atoms with Crippen molar-refractivity contribution in [1.29, 1.82) is 0 Å². The van der Waals surface area contributed by atoms with Crippen LogP contribution in [0.15, 0.2) is 20.6 Å². The highest BCUT2D eigenvalue weighted by molar-refractivity contribution is 9.11. The van der Waals surface area contributed by atoms with Crippen LogP contribution in [0, 0.1) is 0 Å². The summed E-state index contributed by atoms with van der Waals surface area (Å²) in [5.74, 6) is 0. The number of hydrogen-bond acceptors (Lipinski definition) is 5. The molecule has 0 radical (unpaired) electrons. The van der Waals surface area contributed by atoms with Gasteiger partial charge in [-0.05, 0) is 44.5 Å². The zero-order chi connectivity index (χ0) is 9.80. The number of aromatic nitrogens is 2. The van der Waals surface area contributed by atoms with E-state index in [1.165, 1.54) is 20.9 Å². The summed E-state index contributed by atoms with van der Waals surface area (Å²) < 4.78 is 4.97. The van der Waals surface area contributed by atoms with Gasteiger partial charge in [-0.25, -0.2) is 0 Å². The molecule has 6 heteroatoms. The van der Waals surface area contributed by atoms with E-state index < -0.39 is 0 Å². The van der Waals surface area contributed by atoms with Crippen molar-refractivity contribution < 1.29 is 0 Å². The Kier molecular flexibility index (Phi) is 3.63. The molecule has 14 heavy (non-hydrogen) atoms. The van der Waals surface area contributed by atoms with Crippen molar-refractivity contribution in [1.82, 2.24) is 14.9 Å². The first kappa shape index (κ1) is 10.2. The lowest BCUT2D eigenvalue weighted by Crippen LogP contribution is -2.12. The Bertz CT molecular complexity index is 385. The lowest BCUT2D eigenvalue weighted by molar-refractivity contribution is 0.679. The first-order chi connectivity index (χ1) is 6.84. The predicted octanol–water partition coefficient (Wildman–Crippen LogP) is 2.65. The topological polar surface area (TPSA) is 37.8 Å². The van der Waals surface area contributed by atoms with Gasteiger partial charge in [-0.1, -0.05) is 4.49 Å². The zero-order valence-electron chi connectivity index (χ0n) is 7.24. The van der Waals surface area contributed by atoms with Crippen molar-refractivity contribution in [2.45, 2.75) is 13.1 Å². The molecule has 0 fully saturated rings. The van der Waals surface area contributed by atoms with E-state index in [1.807, 2.05) is 5.38 Å². The molecule has 0 spiro atoms. The van der Waals surface area contributed by atoms with E-state index in [0.29, 0.717) is 0 Å². The minimum Gasteiger partial charge on any atom is -0.307 e. The third kappa shape index (κ3) is 2.84. The van der Waals surface area contributed by atoms with Gasteiger partial charge in [0.25, 0.3) is 0 Å². The SMILES string of the molecule is Brc1cc(CNCc2csnn2)cs1. The van der Waals surface area contributed by atoms with E-state index in [2.05, 4.69) is 42.3 Å². The van der Waals surface area contributed by atoms with Crippen LogP contribution in [0.2, 0.25) is 0 Å². The van der Waals surface area contributed by atoms with Gasteiger partial charge in [0.05, 0.1) is 9.48 Å². The average molecular weight is 290 g/mol. The van der Waals surface area contributed by atoms with Crippen LogP contribution in [0.5, 0.6) is 0 Å². The summed E-state index contributed by atoms with van der Waals surface area (Å²) in [7, 11) is 0. The molecule has 0 aliphatic rings. The maximum atomic E-state index is 3.95. The predicted molar refractivity (Wildman–Crippen MR) is 62.5 cm³/mol. The van der Waals surface area contributed by atoms with E-state index in [-0.39, 0.29) is 0 Å². The largest absolute Gasteiger partial charge is 0.307 e. The first-order valence-electron chi connectivity index (χ1n) is 4.04. The van der Waals surface area contributed by atoms with Crippen LogP contribution in [0.1, 0.15) is 11.3 Å². The molecular weight excluding hydrogens is 282 g/mol. The van der Waals surface area contributed by atoms with Crippen molar-refractivity contribution >= 4 is 38.8 Å². The lowest BCUT2D eigenvalue weighted by atomic mass is 10.3. The zero-order valence-corrected chi connectivity index (χ0v) is 10.5. The van der Waals surface area contributed by atoms with Gasteiger partial charge in [-0.2, -0.15) is 0 Å². The Balaban J connectivity index is 1.78. The highest BCUT2D eigenvalue weighted by Crippen LogP contribution is 2.20. The normalized spacial score (nSPS) is 10.6. The molecule has 3 nitrogen and oxygen atoms in total. The van der Waals surface area contributed by atoms with E-state index in [4.69, 9.17) is 0 Å². The van der Waals surface area contributed by atoms with Gasteiger partial charge >= 0.3 is 0 Å². The van der Waals surface area contributed by atoms with Crippen LogP contribution in [0.4, 0.5) is 0 Å². The molecule has 74 valence electrons. The third-order valence-electron chi connectivity index (χ3n) is 1.66. The summed E-state index contributed by atoms with van der Waals surface area (Å²) in [5, 5.41) is 11.3. The van der Waals surface area contributed by atoms with Gasteiger partial charge in [0.2, 0.25) is 0 Å². The quantitative estimate of drug-likeness (QED) is 0.940. The maximum Gasteiger partial charge on any atom is 0.0893 e. The van der Waals surface area contributed by atoms with Crippen LogP contribution < -0.4 is 5.32 Å². The molecule has 0 aliphatic heterocycles. The molecule has 0 atom stereocenters. The van der Waals surface area contributed by atoms with Gasteiger partial charge in [-0.15, -0.1) is 16.4 Å². The molecule has 0 aromatic carbocycles. The Morgan fingerprint density at radius 3 is 2.93 bits per heavy atom. The van der Waals surface area contributed by atoms with Gasteiger partial charge in [0, 0.05) is 18.5 Å². The molecule has 0 saturated carbocycles. The van der Waals surface area contributed by atoms with Crippen molar-refractivity contribution in [3.8, 4) is 0 Å². The Hall–Kier alpha value is -0.300. The van der Waals surface area contributed by atoms with Gasteiger partial charge < -0.3 is 5.32 Å². The highest BCUT2D eigenvalue weighted by Gasteiger charge is 1.98. The molecule has 2 aromatic heterocycles. The van der Waals surface area contributed by atoms with Crippen molar-refractivity contribution in [2.24, 2.45) is 0 Å². The summed E-state index contributed by atoms with van der Waals surface area (Å²) in [5.41, 5.74) is 2.30. The average Bonchev–Trinajstić information content (AvgIpc) is 2.77. The van der Waals surface area contributed by atoms with Gasteiger partial charge in [0.1, 0.15) is 0 Å². The lowest BCUT2D eigenvalue weighted by Gasteiger charge is -1.98. The summed E-state index contributed by atoms with van der Waals surface area (Å²) in [6, 6.07) is 2.12. The number of rotatable bonds is 4. The highest BCUT2D eigenvalue weighted by atomic mass is 79.9. The molecule has 2 rings (SSSR count). The van der Waals surface area contributed by atoms with Crippen molar-refractivity contribution in [2.75, 3.05) is 0 Å². The van der Waals surface area contributed by atoms with Crippen LogP contribution in [-0.4, -0.2) is 9.59 Å². The summed E-state index contributed by atoms with van der Waals surface area (Å²) in [6.45, 7) is 1.66. The van der Waals surface area contributed by atoms with Crippen molar-refractivity contribution in [3.05, 3.63) is 31.9 Å². The molecule has 1 N–H and O–H groups in total. The molecule has 0 saturated heterocycles. The number of thiophene rings is 1. The fourth-order valence-corrected chi connectivity index (χ4v) is 2.69. The van der Waals surface area contributed by atoms with Crippen molar-refractivity contribution in [3.63, 3.8) is 0 Å². The fraction of sp³-hybridized carbons (Fsp3) is 0.250. The minimum absolute atomic E-state index is 0.782. The molecule has 0 bridgehead atoms. The van der Waals surface area contributed by atoms with E-state index >= 15 is 0 Å². The molecular formula is C8H8BrN3S2. The molecule has 0 aliphatic carbocycles. The Morgan fingerprint density at radius 1 is 1.36 bits per heavy atom. The molecule has 0 unspecified atom stereocenters. The minimum atomic E-state index is 0.782. The number of nitrogens with one attached hydrogen (secondary N) is 1. The van der Waals surface area contributed by atoms with Gasteiger partial charge in [0.15, 0.2) is 0 Å². The standard InChI is InChI=1S/C8H8BrN3S2/c9-8-1-6(4-13-8)2-10-3-7-5-14-12-11-7/h1,4-5,10H,2-3H2. The second kappa shape index (κ2) is 4.97. The number of nitrogens with zero attached hydrogens (tertiary/aromatic N) is 2. The monoisotopic (exact) mass is 289 g/mol. The Morgan fingerprint density at radius 2 is 2.29 bits per heavy atom. The molecule has 2 aromatic rings. The Labute approximate surface area is 98.5 Å². The number of hydrogen-bond donors (Lipinski definition) is 1. The maximum absolute atomic E-state index is 3.95. The van der Waals surface area contributed by atoms with Crippen LogP contribution in [0.25, 0.3) is 0 Å². The second-order valence-corrected chi connectivity index (χ2v) is 5.66. The van der Waals surface area contributed by atoms with E-state index in [0.717, 1.165) is 18.8 Å². The molecule has 0 amide bonds. The summed E-state index contributed by atoms with van der Waals surface area (Å²) in [6.07, 6.45) is 0. The molecule has 2 heterocycles. The van der Waals surface area contributed by atoms with Crippen LogP contribution >= 0.6 is 38.8 Å². The van der Waals surface area contributed by atoms with Crippen LogP contribution in [-0.2, 0) is 13.1 Å². The fourth-order valence-electron chi connectivity index (χ4n) is 1.03. The number of halogens is 1.